The van der Waals surface area contributed by atoms with E-state index in [9.17, 15) is 4.79 Å². The van der Waals surface area contributed by atoms with E-state index in [1.54, 1.807) is 29.3 Å². The van der Waals surface area contributed by atoms with Crippen molar-refractivity contribution in [3.8, 4) is 5.82 Å². The van der Waals surface area contributed by atoms with Gasteiger partial charge in [-0.15, -0.1) is 0 Å². The Labute approximate surface area is 165 Å². The molecular formula is C22H25N5O. The van der Waals surface area contributed by atoms with Gasteiger partial charge in [0.25, 0.3) is 5.91 Å². The second-order valence-electron chi connectivity index (χ2n) is 7.50. The smallest absolute Gasteiger partial charge is 0.254 e. The van der Waals surface area contributed by atoms with Crippen molar-refractivity contribution in [3.05, 3.63) is 71.9 Å². The number of likely N-dealkylation sites (tertiary alicyclic amines) is 1. The number of carbonyl (C=O) groups excluding carboxylic acids is 1. The second-order valence-corrected chi connectivity index (χ2v) is 7.50. The molecule has 28 heavy (non-hydrogen) atoms. The zero-order chi connectivity index (χ0) is 19.3. The van der Waals surface area contributed by atoms with Crippen LogP contribution in [0.15, 0.2) is 55.2 Å². The SMILES string of the molecule is Cc1ccc(CCC2CCN(C(=O)c3ccnc(-n4cncn4)c3)CC2)cc1. The average Bonchev–Trinajstić information content (AvgIpc) is 3.28. The molecule has 0 bridgehead atoms. The summed E-state index contributed by atoms with van der Waals surface area (Å²) in [5, 5.41) is 4.08. The molecule has 144 valence electrons. The Bertz CT molecular complexity index is 912. The molecule has 4 rings (SSSR count). The molecule has 0 saturated carbocycles. The van der Waals surface area contributed by atoms with Crippen molar-refractivity contribution in [1.82, 2.24) is 24.6 Å². The van der Waals surface area contributed by atoms with E-state index in [0.717, 1.165) is 32.4 Å². The Kier molecular flexibility index (Phi) is 5.46. The molecule has 2 aromatic heterocycles. The Morgan fingerprint density at radius 1 is 1.14 bits per heavy atom. The number of carbonyl (C=O) groups is 1. The number of pyridine rings is 1. The van der Waals surface area contributed by atoms with Gasteiger partial charge in [-0.05, 0) is 56.2 Å². The quantitative estimate of drug-likeness (QED) is 0.685. The summed E-state index contributed by atoms with van der Waals surface area (Å²) in [6.45, 7) is 3.75. The van der Waals surface area contributed by atoms with Crippen LogP contribution in [0.2, 0.25) is 0 Å². The van der Waals surface area contributed by atoms with Crippen molar-refractivity contribution in [2.75, 3.05) is 13.1 Å². The summed E-state index contributed by atoms with van der Waals surface area (Å²) >= 11 is 0. The highest BCUT2D eigenvalue weighted by atomic mass is 16.2. The van der Waals surface area contributed by atoms with E-state index in [-0.39, 0.29) is 5.91 Å². The van der Waals surface area contributed by atoms with E-state index in [1.807, 2.05) is 4.90 Å². The van der Waals surface area contributed by atoms with Crippen molar-refractivity contribution < 1.29 is 4.79 Å². The number of amides is 1. The second kappa shape index (κ2) is 8.33. The molecule has 1 aliphatic heterocycles. The van der Waals surface area contributed by atoms with Crippen LogP contribution in [-0.4, -0.2) is 43.6 Å². The van der Waals surface area contributed by atoms with E-state index in [2.05, 4.69) is 46.3 Å². The van der Waals surface area contributed by atoms with Gasteiger partial charge in [-0.2, -0.15) is 5.10 Å². The highest BCUT2D eigenvalue weighted by Gasteiger charge is 2.24. The highest BCUT2D eigenvalue weighted by Crippen LogP contribution is 2.24. The lowest BCUT2D eigenvalue weighted by Crippen LogP contribution is -2.38. The predicted molar refractivity (Wildman–Crippen MR) is 107 cm³/mol. The fourth-order valence-corrected chi connectivity index (χ4v) is 3.74. The van der Waals surface area contributed by atoms with Gasteiger partial charge in [0.05, 0.1) is 0 Å². The number of nitrogens with zero attached hydrogens (tertiary/aromatic N) is 5. The van der Waals surface area contributed by atoms with Crippen LogP contribution < -0.4 is 0 Å². The molecular weight excluding hydrogens is 350 g/mol. The third-order valence-corrected chi connectivity index (χ3v) is 5.51. The van der Waals surface area contributed by atoms with Gasteiger partial charge in [-0.25, -0.2) is 14.6 Å². The lowest BCUT2D eigenvalue weighted by Gasteiger charge is -2.32. The summed E-state index contributed by atoms with van der Waals surface area (Å²) in [4.78, 5) is 23.1. The lowest BCUT2D eigenvalue weighted by molar-refractivity contribution is 0.0686. The van der Waals surface area contributed by atoms with Crippen LogP contribution in [0.3, 0.4) is 0 Å². The first-order valence-corrected chi connectivity index (χ1v) is 9.85. The number of hydrogen-bond donors (Lipinski definition) is 0. The molecule has 1 fully saturated rings. The molecule has 0 radical (unpaired) electrons. The Morgan fingerprint density at radius 2 is 1.93 bits per heavy atom. The molecule has 3 aromatic rings. The molecule has 1 amide bonds. The first kappa shape index (κ1) is 18.3. The predicted octanol–water partition coefficient (Wildman–Crippen LogP) is 3.46. The molecule has 6 nitrogen and oxygen atoms in total. The minimum Gasteiger partial charge on any atom is -0.339 e. The van der Waals surface area contributed by atoms with Gasteiger partial charge in [-0.3, -0.25) is 4.79 Å². The van der Waals surface area contributed by atoms with Gasteiger partial charge >= 0.3 is 0 Å². The maximum Gasteiger partial charge on any atom is 0.254 e. The van der Waals surface area contributed by atoms with Crippen LogP contribution in [0.4, 0.5) is 0 Å². The molecule has 0 atom stereocenters. The van der Waals surface area contributed by atoms with Crippen molar-refractivity contribution >= 4 is 5.91 Å². The standard InChI is InChI=1S/C22H25N5O/c1-17-2-4-18(5-3-17)6-7-19-9-12-26(13-10-19)22(28)20-8-11-24-21(14-20)27-16-23-15-25-27/h2-5,8,11,14-16,19H,6-7,9-10,12-13H2,1H3. The highest BCUT2D eigenvalue weighted by molar-refractivity contribution is 5.94. The van der Waals surface area contributed by atoms with Crippen LogP contribution in [0.1, 0.15) is 40.7 Å². The van der Waals surface area contributed by atoms with Crippen molar-refractivity contribution in [2.45, 2.75) is 32.6 Å². The number of benzene rings is 1. The van der Waals surface area contributed by atoms with Crippen LogP contribution >= 0.6 is 0 Å². The number of hydrogen-bond acceptors (Lipinski definition) is 4. The third-order valence-electron chi connectivity index (χ3n) is 5.51. The van der Waals surface area contributed by atoms with Crippen LogP contribution in [0, 0.1) is 12.8 Å². The Morgan fingerprint density at radius 3 is 2.64 bits per heavy atom. The lowest BCUT2D eigenvalue weighted by atomic mass is 9.90. The monoisotopic (exact) mass is 375 g/mol. The molecule has 6 heteroatoms. The summed E-state index contributed by atoms with van der Waals surface area (Å²) in [5.74, 6) is 1.37. The molecule has 0 spiro atoms. The Balaban J connectivity index is 1.31. The summed E-state index contributed by atoms with van der Waals surface area (Å²) in [6.07, 6.45) is 9.13. The van der Waals surface area contributed by atoms with Crippen LogP contribution in [0.25, 0.3) is 5.82 Å². The van der Waals surface area contributed by atoms with Crippen LogP contribution in [-0.2, 0) is 6.42 Å². The van der Waals surface area contributed by atoms with Crippen molar-refractivity contribution in [2.24, 2.45) is 5.92 Å². The minimum atomic E-state index is 0.0701. The van der Waals surface area contributed by atoms with Crippen LogP contribution in [0.5, 0.6) is 0 Å². The van der Waals surface area contributed by atoms with E-state index in [1.165, 1.54) is 23.9 Å². The molecule has 3 heterocycles. The van der Waals surface area contributed by atoms with Crippen molar-refractivity contribution in [1.29, 1.82) is 0 Å². The fourth-order valence-electron chi connectivity index (χ4n) is 3.74. The molecule has 1 aromatic carbocycles. The zero-order valence-corrected chi connectivity index (χ0v) is 16.2. The topological polar surface area (TPSA) is 63.9 Å². The van der Waals surface area contributed by atoms with E-state index in [0.29, 0.717) is 17.3 Å². The van der Waals surface area contributed by atoms with Crippen molar-refractivity contribution in [3.63, 3.8) is 0 Å². The maximum atomic E-state index is 12.9. The normalized spacial score (nSPS) is 15.0. The van der Waals surface area contributed by atoms with Gasteiger partial charge in [0.2, 0.25) is 0 Å². The zero-order valence-electron chi connectivity index (χ0n) is 16.2. The molecule has 0 N–H and O–H groups in total. The first-order valence-electron chi connectivity index (χ1n) is 9.85. The first-order chi connectivity index (χ1) is 13.7. The minimum absolute atomic E-state index is 0.0701. The van der Waals surface area contributed by atoms with Gasteiger partial charge in [0.15, 0.2) is 5.82 Å². The Hall–Kier alpha value is -3.02. The van der Waals surface area contributed by atoms with Gasteiger partial charge in [-0.1, -0.05) is 29.8 Å². The summed E-state index contributed by atoms with van der Waals surface area (Å²) in [6, 6.07) is 12.4. The average molecular weight is 375 g/mol. The third kappa shape index (κ3) is 4.27. The van der Waals surface area contributed by atoms with Gasteiger partial charge in [0.1, 0.15) is 12.7 Å². The number of piperidine rings is 1. The van der Waals surface area contributed by atoms with E-state index in [4.69, 9.17) is 0 Å². The maximum absolute atomic E-state index is 12.9. The number of rotatable bonds is 5. The summed E-state index contributed by atoms with van der Waals surface area (Å²) in [5.41, 5.74) is 3.36. The summed E-state index contributed by atoms with van der Waals surface area (Å²) in [7, 11) is 0. The van der Waals surface area contributed by atoms with E-state index < -0.39 is 0 Å². The number of aromatic nitrogens is 4. The molecule has 0 unspecified atom stereocenters. The molecule has 0 aliphatic carbocycles. The summed E-state index contributed by atoms with van der Waals surface area (Å²) < 4.78 is 1.56. The van der Waals surface area contributed by atoms with E-state index >= 15 is 0 Å². The van der Waals surface area contributed by atoms with Gasteiger partial charge < -0.3 is 4.90 Å². The molecule has 1 saturated heterocycles. The fraction of sp³-hybridized carbons (Fsp3) is 0.364. The van der Waals surface area contributed by atoms with Gasteiger partial charge in [0, 0.05) is 24.8 Å². The number of aryl methyl sites for hydroxylation is 2. The largest absolute Gasteiger partial charge is 0.339 e. The molecule has 1 aliphatic rings.